The first kappa shape index (κ1) is 34.8. The topological polar surface area (TPSA) is 214 Å². The SMILES string of the molecule is CCN1CCN(C(=O)NC(C(=O)N[C@]2(NO)C(=O)N3C(C(=O)O)=C(CSc4nncs4)CS[C@@H]32)c2ccccc2)C(=O)C1=O.[NaH]. The number of carbonyl (C=O) groups is 6. The molecule has 45 heavy (non-hydrogen) atoms. The van der Waals surface area contributed by atoms with Crippen molar-refractivity contribution in [3.63, 3.8) is 0 Å². The molecule has 5 N–H and O–H groups in total. The molecule has 234 valence electrons. The number of piperazine rings is 1. The van der Waals surface area contributed by atoms with Gasteiger partial charge in [0.2, 0.25) is 11.6 Å². The fourth-order valence-electron chi connectivity index (χ4n) is 4.94. The summed E-state index contributed by atoms with van der Waals surface area (Å²) in [5, 5.41) is 31.7. The van der Waals surface area contributed by atoms with Crippen molar-refractivity contribution in [1.82, 2.24) is 41.0 Å². The number of thioether (sulfide) groups is 2. The van der Waals surface area contributed by atoms with E-state index in [1.807, 2.05) is 5.48 Å². The van der Waals surface area contributed by atoms with Crippen molar-refractivity contribution < 1.29 is 39.1 Å². The minimum atomic E-state index is -2.13. The molecule has 1 aromatic heterocycles. The van der Waals surface area contributed by atoms with Crippen LogP contribution in [0.4, 0.5) is 4.79 Å². The molecule has 2 saturated heterocycles. The number of fused-ring (bicyclic) bond motifs is 1. The predicted octanol–water partition coefficient (Wildman–Crippen LogP) is -0.832. The second-order valence-corrected chi connectivity index (χ2v) is 12.8. The van der Waals surface area contributed by atoms with Crippen molar-refractivity contribution in [2.24, 2.45) is 0 Å². The van der Waals surface area contributed by atoms with Crippen LogP contribution in [0, 0.1) is 0 Å². The molecule has 0 spiro atoms. The normalized spacial score (nSPS) is 21.9. The molecule has 3 atom stereocenters. The number of nitrogens with one attached hydrogen (secondary N) is 3. The molecule has 0 aliphatic carbocycles. The van der Waals surface area contributed by atoms with E-state index in [0.29, 0.717) is 14.8 Å². The summed E-state index contributed by atoms with van der Waals surface area (Å²) in [7, 11) is 0. The van der Waals surface area contributed by atoms with Crippen LogP contribution in [0.1, 0.15) is 18.5 Å². The summed E-state index contributed by atoms with van der Waals surface area (Å²) in [6, 6.07) is 5.48. The van der Waals surface area contributed by atoms with Gasteiger partial charge >= 0.3 is 53.4 Å². The van der Waals surface area contributed by atoms with Crippen molar-refractivity contribution in [2.45, 2.75) is 28.3 Å². The summed E-state index contributed by atoms with van der Waals surface area (Å²) in [5.41, 5.74) is 1.73. The van der Waals surface area contributed by atoms with E-state index in [0.717, 1.165) is 16.7 Å². The zero-order valence-electron chi connectivity index (χ0n) is 23.0. The van der Waals surface area contributed by atoms with E-state index >= 15 is 0 Å². The van der Waals surface area contributed by atoms with Gasteiger partial charge in [-0.2, -0.15) is 5.48 Å². The number of aliphatic carboxylic acids is 1. The summed E-state index contributed by atoms with van der Waals surface area (Å²) in [5.74, 6) is -4.74. The van der Waals surface area contributed by atoms with Gasteiger partial charge in [-0.3, -0.25) is 29.0 Å². The average molecular weight is 687 g/mol. The van der Waals surface area contributed by atoms with E-state index in [4.69, 9.17) is 0 Å². The van der Waals surface area contributed by atoms with Crippen LogP contribution in [0.2, 0.25) is 0 Å². The van der Waals surface area contributed by atoms with Crippen LogP contribution in [0.15, 0.2) is 51.5 Å². The number of β-lactam (4-membered cyclic amide) rings is 1. The number of amides is 6. The molecule has 2 fully saturated rings. The van der Waals surface area contributed by atoms with Gasteiger partial charge in [-0.25, -0.2) is 9.59 Å². The zero-order chi connectivity index (χ0) is 31.6. The Hall–Kier alpha value is -3.04. The monoisotopic (exact) mass is 686 g/mol. The number of nitrogens with zero attached hydrogens (tertiary/aromatic N) is 5. The quantitative estimate of drug-likeness (QED) is 0.0516. The average Bonchev–Trinajstić information content (AvgIpc) is 3.56. The molecule has 0 radical (unpaired) electrons. The third-order valence-electron chi connectivity index (χ3n) is 7.16. The second kappa shape index (κ2) is 14.6. The Labute approximate surface area is 290 Å². The molecule has 0 bridgehead atoms. The fraction of sp³-hybridized carbons (Fsp3) is 0.360. The van der Waals surface area contributed by atoms with Gasteiger partial charge in [-0.05, 0) is 18.1 Å². The number of hydrogen-bond acceptors (Lipinski definition) is 13. The number of carboxylic acid groups (broad SMARTS) is 1. The summed E-state index contributed by atoms with van der Waals surface area (Å²) >= 11 is 3.67. The number of carbonyl (C=O) groups excluding carboxylic acids is 5. The van der Waals surface area contributed by atoms with E-state index in [1.165, 1.54) is 45.6 Å². The van der Waals surface area contributed by atoms with E-state index in [9.17, 15) is 39.1 Å². The standard InChI is InChI=1S/C25H26N8O8S3.Na.H/c1-2-31-8-9-32(19(36)18(31)35)23(40)27-15(13-6-4-3-5-7-13)17(34)28-25(30-41)21(39)33-16(20(37)38)14(10-42-22(25)33)11-43-24-29-26-12-44-24;;/h3-7,12,15,22,30,41H,2,8-11H2,1H3,(H,27,40)(H,28,34)(H,37,38);;/t15?,22-,25+;;/m1../s1. The van der Waals surface area contributed by atoms with Gasteiger partial charge in [0, 0.05) is 31.1 Å². The number of carboxylic acids is 1. The molecule has 20 heteroatoms. The van der Waals surface area contributed by atoms with Gasteiger partial charge in [-0.15, -0.1) is 22.0 Å². The van der Waals surface area contributed by atoms with Crippen LogP contribution in [0.3, 0.4) is 0 Å². The van der Waals surface area contributed by atoms with Crippen LogP contribution in [-0.4, -0.2) is 143 Å². The van der Waals surface area contributed by atoms with E-state index in [2.05, 4.69) is 20.8 Å². The zero-order valence-corrected chi connectivity index (χ0v) is 25.4. The third-order valence-corrected chi connectivity index (χ3v) is 10.5. The van der Waals surface area contributed by atoms with Crippen molar-refractivity contribution in [3.05, 3.63) is 52.7 Å². The first-order chi connectivity index (χ1) is 21.1. The minimum absolute atomic E-state index is 0. The summed E-state index contributed by atoms with van der Waals surface area (Å²) in [6.45, 7) is 2.02. The number of urea groups is 1. The molecular weight excluding hydrogens is 660 g/mol. The molecule has 0 saturated carbocycles. The molecule has 2 aromatic rings. The Morgan fingerprint density at radius 3 is 2.51 bits per heavy atom. The van der Waals surface area contributed by atoms with Crippen molar-refractivity contribution in [3.8, 4) is 0 Å². The van der Waals surface area contributed by atoms with Gasteiger partial charge in [0.05, 0.1) is 0 Å². The maximum atomic E-state index is 13.7. The van der Waals surface area contributed by atoms with E-state index in [1.54, 1.807) is 25.1 Å². The Balaban J connectivity index is 0.00000461. The first-order valence-corrected chi connectivity index (χ1v) is 16.0. The maximum absolute atomic E-state index is 13.7. The summed E-state index contributed by atoms with van der Waals surface area (Å²) in [4.78, 5) is 80.6. The molecule has 5 rings (SSSR count). The fourth-order valence-corrected chi connectivity index (χ4v) is 7.97. The molecule has 1 aromatic carbocycles. The number of aromatic nitrogens is 2. The molecule has 6 amide bonds. The van der Waals surface area contributed by atoms with Crippen LogP contribution in [0.5, 0.6) is 0 Å². The number of rotatable bonds is 10. The summed E-state index contributed by atoms with van der Waals surface area (Å²) < 4.78 is 0.621. The van der Waals surface area contributed by atoms with Gasteiger partial charge in [0.15, 0.2) is 4.34 Å². The van der Waals surface area contributed by atoms with E-state index < -0.39 is 52.7 Å². The third kappa shape index (κ3) is 6.61. The molecule has 3 aliphatic rings. The number of hydroxylamine groups is 1. The number of imide groups is 1. The van der Waals surface area contributed by atoms with Gasteiger partial charge in [-0.1, -0.05) is 53.4 Å². The number of benzene rings is 1. The Morgan fingerprint density at radius 1 is 1.16 bits per heavy atom. The Kier molecular flexibility index (Phi) is 11.3. The second-order valence-electron chi connectivity index (χ2n) is 9.63. The summed E-state index contributed by atoms with van der Waals surface area (Å²) in [6.07, 6.45) is 0. The molecule has 16 nitrogen and oxygen atoms in total. The van der Waals surface area contributed by atoms with Gasteiger partial charge < -0.3 is 25.8 Å². The van der Waals surface area contributed by atoms with Crippen LogP contribution < -0.4 is 16.1 Å². The molecule has 1 unspecified atom stereocenters. The first-order valence-electron chi connectivity index (χ1n) is 13.1. The van der Waals surface area contributed by atoms with Gasteiger partial charge in [0.25, 0.3) is 5.91 Å². The van der Waals surface area contributed by atoms with Crippen molar-refractivity contribution in [1.29, 1.82) is 0 Å². The Bertz CT molecular complexity index is 1530. The Morgan fingerprint density at radius 2 is 1.89 bits per heavy atom. The van der Waals surface area contributed by atoms with Crippen LogP contribution in [-0.2, 0) is 24.0 Å². The predicted molar refractivity (Wildman–Crippen MR) is 163 cm³/mol. The van der Waals surface area contributed by atoms with Gasteiger partial charge in [0.1, 0.15) is 22.6 Å². The molecular formula is C25H27N8NaO8S3. The number of likely N-dealkylation sites (N-methyl/N-ethyl adjacent to an activating group) is 1. The van der Waals surface area contributed by atoms with Crippen LogP contribution in [0.25, 0.3) is 0 Å². The molecule has 3 aliphatic heterocycles. The van der Waals surface area contributed by atoms with Crippen molar-refractivity contribution in [2.75, 3.05) is 31.1 Å². The number of hydrogen-bond donors (Lipinski definition) is 5. The van der Waals surface area contributed by atoms with Crippen LogP contribution >= 0.6 is 34.9 Å². The van der Waals surface area contributed by atoms with E-state index in [-0.39, 0.29) is 72.0 Å². The molecule has 4 heterocycles. The van der Waals surface area contributed by atoms with Crippen molar-refractivity contribution >= 4 is 100 Å².